The van der Waals surface area contributed by atoms with Gasteiger partial charge in [0.25, 0.3) is 11.5 Å². The van der Waals surface area contributed by atoms with Gasteiger partial charge in [0.15, 0.2) is 11.6 Å². The molecule has 198 valence electrons. The number of amides is 1. The van der Waals surface area contributed by atoms with Crippen LogP contribution in [0.1, 0.15) is 77.3 Å². The largest absolute Gasteiger partial charge is 0.459 e. The third-order valence-corrected chi connectivity index (χ3v) is 8.02. The van der Waals surface area contributed by atoms with Crippen LogP contribution in [0, 0.1) is 13.8 Å². The van der Waals surface area contributed by atoms with Crippen LogP contribution in [0.25, 0.3) is 10.9 Å². The molecule has 2 aliphatic rings. The van der Waals surface area contributed by atoms with Crippen molar-refractivity contribution in [2.45, 2.75) is 58.0 Å². The Morgan fingerprint density at radius 2 is 1.87 bits per heavy atom. The van der Waals surface area contributed by atoms with Crippen molar-refractivity contribution in [3.05, 3.63) is 75.2 Å². The number of hydrogen-bond donors (Lipinski definition) is 1. The van der Waals surface area contributed by atoms with E-state index < -0.39 is 6.04 Å². The van der Waals surface area contributed by atoms with E-state index >= 15 is 0 Å². The fourth-order valence-corrected chi connectivity index (χ4v) is 6.10. The summed E-state index contributed by atoms with van der Waals surface area (Å²) in [5.74, 6) is 0.915. The minimum absolute atomic E-state index is 0.118. The van der Waals surface area contributed by atoms with Gasteiger partial charge in [-0.05, 0) is 72.5 Å². The predicted molar refractivity (Wildman–Crippen MR) is 142 cm³/mol. The molecule has 1 atom stereocenters. The van der Waals surface area contributed by atoms with Crippen molar-refractivity contribution in [3.63, 3.8) is 0 Å². The number of piperazine rings is 1. The summed E-state index contributed by atoms with van der Waals surface area (Å²) in [5.41, 5.74) is 3.53. The summed E-state index contributed by atoms with van der Waals surface area (Å²) in [6.45, 7) is 6.30. The van der Waals surface area contributed by atoms with Crippen LogP contribution in [0.2, 0.25) is 0 Å². The first kappa shape index (κ1) is 24.5. The van der Waals surface area contributed by atoms with Crippen LogP contribution in [0.15, 0.2) is 45.8 Å². The lowest BCUT2D eigenvalue weighted by Crippen LogP contribution is -2.51. The van der Waals surface area contributed by atoms with Gasteiger partial charge in [0, 0.05) is 42.6 Å². The van der Waals surface area contributed by atoms with Crippen molar-refractivity contribution >= 4 is 16.8 Å². The lowest BCUT2D eigenvalue weighted by atomic mass is 9.94. The Morgan fingerprint density at radius 3 is 2.61 bits per heavy atom. The Balaban J connectivity index is 1.39. The first-order valence-corrected chi connectivity index (χ1v) is 13.5. The van der Waals surface area contributed by atoms with Crippen LogP contribution in [-0.2, 0) is 0 Å². The zero-order valence-corrected chi connectivity index (χ0v) is 21.9. The van der Waals surface area contributed by atoms with Gasteiger partial charge in [0.1, 0.15) is 6.04 Å². The molecule has 10 heteroatoms. The van der Waals surface area contributed by atoms with Gasteiger partial charge in [-0.3, -0.25) is 14.5 Å². The van der Waals surface area contributed by atoms with Crippen LogP contribution in [0.5, 0.6) is 0 Å². The number of furan rings is 1. The smallest absolute Gasteiger partial charge is 0.289 e. The number of tetrazole rings is 1. The molecule has 1 aliphatic carbocycles. The highest BCUT2D eigenvalue weighted by molar-refractivity contribution is 5.91. The summed E-state index contributed by atoms with van der Waals surface area (Å²) >= 11 is 0. The molecule has 0 spiro atoms. The lowest BCUT2D eigenvalue weighted by molar-refractivity contribution is 0.0556. The van der Waals surface area contributed by atoms with E-state index in [0.717, 1.165) is 47.7 Å². The number of aryl methyl sites for hydroxylation is 2. The molecular weight excluding hydrogens is 482 g/mol. The maximum Gasteiger partial charge on any atom is 0.289 e. The summed E-state index contributed by atoms with van der Waals surface area (Å²) in [7, 11) is 0. The van der Waals surface area contributed by atoms with E-state index in [1.165, 1.54) is 12.7 Å². The third-order valence-electron chi connectivity index (χ3n) is 8.02. The standard InChI is InChI=1S/C28H33N7O3/c1-18-15-19(2)21-17-22(27(36)29-23(21)16-18)25(26-30-31-32-35(26)20-7-4-3-5-8-20)33-10-12-34(13-11-33)28(37)24-9-6-14-38-24/h6,9,14-17,20,25H,3-5,7-8,10-13H2,1-2H3,(H,29,36)/t25-/m1/s1. The van der Waals surface area contributed by atoms with Crippen molar-refractivity contribution in [2.75, 3.05) is 26.2 Å². The summed E-state index contributed by atoms with van der Waals surface area (Å²) in [5, 5.41) is 14.0. The number of nitrogens with zero attached hydrogens (tertiary/aromatic N) is 6. The van der Waals surface area contributed by atoms with Gasteiger partial charge in [-0.2, -0.15) is 0 Å². The maximum absolute atomic E-state index is 13.6. The molecule has 4 heterocycles. The second-order valence-corrected chi connectivity index (χ2v) is 10.6. The highest BCUT2D eigenvalue weighted by atomic mass is 16.3. The van der Waals surface area contributed by atoms with E-state index in [0.29, 0.717) is 43.3 Å². The molecule has 1 amide bonds. The van der Waals surface area contributed by atoms with Crippen molar-refractivity contribution < 1.29 is 9.21 Å². The zero-order chi connectivity index (χ0) is 26.2. The van der Waals surface area contributed by atoms with Crippen LogP contribution >= 0.6 is 0 Å². The highest BCUT2D eigenvalue weighted by Gasteiger charge is 2.35. The highest BCUT2D eigenvalue weighted by Crippen LogP contribution is 2.34. The van der Waals surface area contributed by atoms with Crippen LogP contribution in [-0.4, -0.2) is 67.1 Å². The van der Waals surface area contributed by atoms with E-state index in [1.54, 1.807) is 17.0 Å². The summed E-state index contributed by atoms with van der Waals surface area (Å²) in [4.78, 5) is 33.7. The summed E-state index contributed by atoms with van der Waals surface area (Å²) < 4.78 is 7.28. The molecule has 1 saturated heterocycles. The average Bonchev–Trinajstić information content (AvgIpc) is 3.63. The van der Waals surface area contributed by atoms with E-state index in [1.807, 2.05) is 23.7 Å². The minimum atomic E-state index is -0.429. The Morgan fingerprint density at radius 1 is 1.08 bits per heavy atom. The number of carbonyl (C=O) groups excluding carboxylic acids is 1. The number of aromatic amines is 1. The molecule has 4 aromatic rings. The molecule has 1 N–H and O–H groups in total. The Labute approximate surface area is 220 Å². The molecule has 3 aromatic heterocycles. The second-order valence-electron chi connectivity index (χ2n) is 10.6. The van der Waals surface area contributed by atoms with Crippen LogP contribution in [0.4, 0.5) is 0 Å². The maximum atomic E-state index is 13.6. The number of H-pyrrole nitrogens is 1. The number of benzene rings is 1. The number of hydrogen-bond acceptors (Lipinski definition) is 7. The SMILES string of the molecule is Cc1cc(C)c2cc([C@H](c3nnnn3C3CCCCC3)N3CCN(C(=O)c4ccco4)CC3)c(=O)[nH]c2c1. The van der Waals surface area contributed by atoms with E-state index in [-0.39, 0.29) is 17.5 Å². The number of pyridine rings is 1. The molecule has 6 rings (SSSR count). The van der Waals surface area contributed by atoms with Gasteiger partial charge in [-0.1, -0.05) is 25.3 Å². The van der Waals surface area contributed by atoms with E-state index in [4.69, 9.17) is 4.42 Å². The second kappa shape index (κ2) is 10.2. The molecule has 2 fully saturated rings. The Hall–Kier alpha value is -3.79. The monoisotopic (exact) mass is 515 g/mol. The molecule has 0 bridgehead atoms. The van der Waals surface area contributed by atoms with Gasteiger partial charge in [-0.15, -0.1) is 5.10 Å². The molecule has 38 heavy (non-hydrogen) atoms. The molecule has 1 aliphatic heterocycles. The Kier molecular flexibility index (Phi) is 6.57. The van der Waals surface area contributed by atoms with Gasteiger partial charge in [0.05, 0.1) is 12.3 Å². The average molecular weight is 516 g/mol. The lowest BCUT2D eigenvalue weighted by Gasteiger charge is -2.38. The molecule has 0 unspecified atom stereocenters. The van der Waals surface area contributed by atoms with E-state index in [2.05, 4.69) is 38.4 Å². The van der Waals surface area contributed by atoms with Gasteiger partial charge in [0.2, 0.25) is 0 Å². The fourth-order valence-electron chi connectivity index (χ4n) is 6.10. The molecule has 1 aromatic carbocycles. The number of fused-ring (bicyclic) bond motifs is 1. The van der Waals surface area contributed by atoms with Crippen LogP contribution < -0.4 is 5.56 Å². The van der Waals surface area contributed by atoms with Crippen LogP contribution in [0.3, 0.4) is 0 Å². The first-order valence-electron chi connectivity index (χ1n) is 13.5. The van der Waals surface area contributed by atoms with Crippen molar-refractivity contribution in [2.24, 2.45) is 0 Å². The number of nitrogens with one attached hydrogen (secondary N) is 1. The van der Waals surface area contributed by atoms with E-state index in [9.17, 15) is 9.59 Å². The predicted octanol–water partition coefficient (Wildman–Crippen LogP) is 3.78. The first-order chi connectivity index (χ1) is 18.5. The van der Waals surface area contributed by atoms with Gasteiger partial charge in [-0.25, -0.2) is 4.68 Å². The normalized spacial score (nSPS) is 18.2. The van der Waals surface area contributed by atoms with Crippen molar-refractivity contribution in [3.8, 4) is 0 Å². The molecule has 10 nitrogen and oxygen atoms in total. The zero-order valence-electron chi connectivity index (χ0n) is 21.9. The molecule has 0 radical (unpaired) electrons. The van der Waals surface area contributed by atoms with Crippen molar-refractivity contribution in [1.29, 1.82) is 0 Å². The minimum Gasteiger partial charge on any atom is -0.459 e. The summed E-state index contributed by atoms with van der Waals surface area (Å²) in [6.07, 6.45) is 7.10. The third kappa shape index (κ3) is 4.53. The number of carbonyl (C=O) groups is 1. The number of aromatic nitrogens is 5. The van der Waals surface area contributed by atoms with Gasteiger partial charge < -0.3 is 14.3 Å². The Bertz CT molecular complexity index is 1490. The number of rotatable bonds is 5. The summed E-state index contributed by atoms with van der Waals surface area (Å²) in [6, 6.07) is 9.35. The molecule has 1 saturated carbocycles. The topological polar surface area (TPSA) is 113 Å². The van der Waals surface area contributed by atoms with Crippen molar-refractivity contribution in [1.82, 2.24) is 35.0 Å². The fraction of sp³-hybridized carbons (Fsp3) is 0.464. The van der Waals surface area contributed by atoms with Gasteiger partial charge >= 0.3 is 0 Å². The quantitative estimate of drug-likeness (QED) is 0.430. The molecular formula is C28H33N7O3.